The monoisotopic (exact) mass is 433 g/mol. The van der Waals surface area contributed by atoms with E-state index in [1.807, 2.05) is 12.1 Å². The minimum atomic E-state index is -3.83. The number of hydrogen-bond acceptors (Lipinski definition) is 6. The molecule has 2 N–H and O–H groups in total. The van der Waals surface area contributed by atoms with Crippen LogP contribution in [0.4, 0.5) is 0 Å². The van der Waals surface area contributed by atoms with Crippen molar-refractivity contribution in [2.75, 3.05) is 21.0 Å². The van der Waals surface area contributed by atoms with Crippen LogP contribution < -0.4 is 24.2 Å². The summed E-state index contributed by atoms with van der Waals surface area (Å²) in [5, 5.41) is 2.83. The van der Waals surface area contributed by atoms with Gasteiger partial charge in [-0.3, -0.25) is 4.79 Å². The number of fused-ring (bicyclic) bond motifs is 1. The van der Waals surface area contributed by atoms with E-state index in [4.69, 9.17) is 14.2 Å². The molecule has 4 rings (SSSR count). The Morgan fingerprint density at radius 1 is 1.20 bits per heavy atom. The fourth-order valence-electron chi connectivity index (χ4n) is 3.51. The number of hydrogen-bond donors (Lipinski definition) is 2. The zero-order valence-electron chi connectivity index (χ0n) is 16.6. The van der Waals surface area contributed by atoms with Gasteiger partial charge in [0.15, 0.2) is 11.5 Å². The smallest absolute Gasteiger partial charge is 0.280 e. The van der Waals surface area contributed by atoms with E-state index in [0.29, 0.717) is 17.1 Å². The Labute approximate surface area is 175 Å². The topological polar surface area (TPSA) is 106 Å². The molecule has 160 valence electrons. The Balaban J connectivity index is 1.48. The molecule has 1 amide bonds. The van der Waals surface area contributed by atoms with E-state index in [1.54, 1.807) is 37.4 Å². The molecule has 2 unspecified atom stereocenters. The molecule has 10 heteroatoms. The molecule has 1 saturated heterocycles. The highest BCUT2D eigenvalue weighted by molar-refractivity contribution is 7.87. The maximum absolute atomic E-state index is 12.8. The van der Waals surface area contributed by atoms with E-state index in [0.717, 1.165) is 15.6 Å². The summed E-state index contributed by atoms with van der Waals surface area (Å²) >= 11 is 0. The Morgan fingerprint density at radius 3 is 2.67 bits per heavy atom. The summed E-state index contributed by atoms with van der Waals surface area (Å²) in [6, 6.07) is 11.2. The molecule has 0 spiro atoms. The van der Waals surface area contributed by atoms with Gasteiger partial charge in [-0.2, -0.15) is 17.4 Å². The standard InChI is InChI=1S/C20H23N3O6S/c1-23-17(20(24)21-11-13-3-6-15(27-2)7-4-13)10-16(22-30(23,25)26)14-5-8-18-19(9-14)29-12-28-18/h3-9,16-17,22H,10-12H2,1-2H3,(H,21,24). The summed E-state index contributed by atoms with van der Waals surface area (Å²) in [5.74, 6) is 1.54. The van der Waals surface area contributed by atoms with Crippen LogP contribution in [0.5, 0.6) is 17.2 Å². The van der Waals surface area contributed by atoms with Gasteiger partial charge in [0.1, 0.15) is 11.8 Å². The van der Waals surface area contributed by atoms with Crippen molar-refractivity contribution in [3.63, 3.8) is 0 Å². The number of methoxy groups -OCH3 is 1. The Bertz CT molecular complexity index is 1040. The van der Waals surface area contributed by atoms with Crippen LogP contribution in [0.25, 0.3) is 0 Å². The second kappa shape index (κ2) is 8.13. The molecule has 0 aromatic heterocycles. The van der Waals surface area contributed by atoms with Crippen LogP contribution in [0.1, 0.15) is 23.6 Å². The number of ether oxygens (including phenoxy) is 3. The molecule has 2 aromatic carbocycles. The molecule has 2 aromatic rings. The fraction of sp³-hybridized carbons (Fsp3) is 0.350. The quantitative estimate of drug-likeness (QED) is 0.737. The van der Waals surface area contributed by atoms with E-state index in [1.165, 1.54) is 7.05 Å². The van der Waals surface area contributed by atoms with Crippen LogP contribution >= 0.6 is 0 Å². The third-order valence-electron chi connectivity index (χ3n) is 5.30. The van der Waals surface area contributed by atoms with Crippen LogP contribution in [0.15, 0.2) is 42.5 Å². The molecule has 2 aliphatic heterocycles. The van der Waals surface area contributed by atoms with Crippen LogP contribution in [0.3, 0.4) is 0 Å². The van der Waals surface area contributed by atoms with Gasteiger partial charge < -0.3 is 19.5 Å². The van der Waals surface area contributed by atoms with Gasteiger partial charge in [0.05, 0.1) is 13.2 Å². The molecule has 2 atom stereocenters. The first-order chi connectivity index (χ1) is 14.4. The normalized spacial score (nSPS) is 22.5. The first-order valence-electron chi connectivity index (χ1n) is 9.43. The molecule has 0 saturated carbocycles. The summed E-state index contributed by atoms with van der Waals surface area (Å²) < 4.78 is 44.8. The summed E-state index contributed by atoms with van der Waals surface area (Å²) in [7, 11) is -0.842. The van der Waals surface area contributed by atoms with Crippen molar-refractivity contribution in [3.8, 4) is 17.2 Å². The minimum absolute atomic E-state index is 0.133. The molecule has 0 radical (unpaired) electrons. The van der Waals surface area contributed by atoms with Crippen LogP contribution in [0, 0.1) is 0 Å². The van der Waals surface area contributed by atoms with Crippen LogP contribution in [-0.2, 0) is 21.5 Å². The van der Waals surface area contributed by atoms with Crippen molar-refractivity contribution in [1.82, 2.24) is 14.3 Å². The third kappa shape index (κ3) is 4.07. The number of nitrogens with zero attached hydrogens (tertiary/aromatic N) is 1. The highest BCUT2D eigenvalue weighted by Gasteiger charge is 2.40. The van der Waals surface area contributed by atoms with Crippen molar-refractivity contribution >= 4 is 16.1 Å². The molecule has 0 bridgehead atoms. The molecular weight excluding hydrogens is 410 g/mol. The zero-order valence-corrected chi connectivity index (χ0v) is 17.4. The summed E-state index contributed by atoms with van der Waals surface area (Å²) in [6.07, 6.45) is 0.282. The van der Waals surface area contributed by atoms with Gasteiger partial charge in [-0.25, -0.2) is 0 Å². The summed E-state index contributed by atoms with van der Waals surface area (Å²) in [6.45, 7) is 0.420. The minimum Gasteiger partial charge on any atom is -0.497 e. The van der Waals surface area contributed by atoms with E-state index in [-0.39, 0.29) is 25.7 Å². The SMILES string of the molecule is COc1ccc(CNC(=O)C2CC(c3ccc4c(c3)OCO4)NS(=O)(=O)N2C)cc1. The predicted molar refractivity (Wildman–Crippen MR) is 108 cm³/mol. The lowest BCUT2D eigenvalue weighted by atomic mass is 9.99. The first-order valence-corrected chi connectivity index (χ1v) is 10.9. The summed E-state index contributed by atoms with van der Waals surface area (Å²) in [5.41, 5.74) is 1.60. The molecular formula is C20H23N3O6S. The maximum Gasteiger partial charge on any atom is 0.280 e. The molecule has 30 heavy (non-hydrogen) atoms. The van der Waals surface area contributed by atoms with Crippen molar-refractivity contribution in [1.29, 1.82) is 0 Å². The average Bonchev–Trinajstić information content (AvgIpc) is 3.22. The van der Waals surface area contributed by atoms with Gasteiger partial charge in [0, 0.05) is 13.6 Å². The largest absolute Gasteiger partial charge is 0.497 e. The number of carbonyl (C=O) groups excluding carboxylic acids is 1. The van der Waals surface area contributed by atoms with Crippen molar-refractivity contribution in [2.45, 2.75) is 25.0 Å². The van der Waals surface area contributed by atoms with Gasteiger partial charge >= 0.3 is 0 Å². The molecule has 0 aliphatic carbocycles. The average molecular weight is 433 g/mol. The second-order valence-corrected chi connectivity index (χ2v) is 8.88. The fourth-order valence-corrected chi connectivity index (χ4v) is 4.78. The lowest BCUT2D eigenvalue weighted by molar-refractivity contribution is -0.125. The third-order valence-corrected chi connectivity index (χ3v) is 6.89. The van der Waals surface area contributed by atoms with E-state index < -0.39 is 22.3 Å². The van der Waals surface area contributed by atoms with Crippen LogP contribution in [0.2, 0.25) is 0 Å². The Morgan fingerprint density at radius 2 is 1.93 bits per heavy atom. The van der Waals surface area contributed by atoms with Crippen LogP contribution in [-0.4, -0.2) is 45.6 Å². The van der Waals surface area contributed by atoms with Gasteiger partial charge in [-0.15, -0.1) is 0 Å². The van der Waals surface area contributed by atoms with Gasteiger partial charge in [-0.1, -0.05) is 18.2 Å². The highest BCUT2D eigenvalue weighted by Crippen LogP contribution is 2.36. The number of nitrogens with one attached hydrogen (secondary N) is 2. The van der Waals surface area contributed by atoms with Crippen molar-refractivity contribution in [3.05, 3.63) is 53.6 Å². The van der Waals surface area contributed by atoms with E-state index >= 15 is 0 Å². The van der Waals surface area contributed by atoms with Crippen molar-refractivity contribution in [2.24, 2.45) is 0 Å². The number of amides is 1. The zero-order chi connectivity index (χ0) is 21.3. The molecule has 1 fully saturated rings. The molecule has 2 aliphatic rings. The molecule has 9 nitrogen and oxygen atoms in total. The highest BCUT2D eigenvalue weighted by atomic mass is 32.2. The number of benzene rings is 2. The van der Waals surface area contributed by atoms with Crippen molar-refractivity contribution < 1.29 is 27.4 Å². The number of likely N-dealkylation sites (N-methyl/N-ethyl adjacent to an activating group) is 1. The lowest BCUT2D eigenvalue weighted by Crippen LogP contribution is -2.57. The Hall–Kier alpha value is -2.82. The first kappa shape index (κ1) is 20.5. The second-order valence-electron chi connectivity index (χ2n) is 7.12. The van der Waals surface area contributed by atoms with Gasteiger partial charge in [0.2, 0.25) is 12.7 Å². The maximum atomic E-state index is 12.8. The number of rotatable bonds is 5. The van der Waals surface area contributed by atoms with Gasteiger partial charge in [-0.05, 0) is 41.8 Å². The molecule has 2 heterocycles. The summed E-state index contributed by atoms with van der Waals surface area (Å²) in [4.78, 5) is 12.8. The predicted octanol–water partition coefficient (Wildman–Crippen LogP) is 1.32. The van der Waals surface area contributed by atoms with E-state index in [2.05, 4.69) is 10.0 Å². The van der Waals surface area contributed by atoms with Gasteiger partial charge in [0.25, 0.3) is 10.2 Å². The lowest BCUT2D eigenvalue weighted by Gasteiger charge is -2.36. The number of carbonyl (C=O) groups is 1. The Kier molecular flexibility index (Phi) is 5.54. The van der Waals surface area contributed by atoms with E-state index in [9.17, 15) is 13.2 Å².